The van der Waals surface area contributed by atoms with Gasteiger partial charge in [-0.25, -0.2) is 0 Å². The third-order valence-corrected chi connectivity index (χ3v) is 3.97. The summed E-state index contributed by atoms with van der Waals surface area (Å²) in [6.07, 6.45) is 0.244. The molecule has 2 nitrogen and oxygen atoms in total. The Bertz CT molecular complexity index is 584. The van der Waals surface area contributed by atoms with Crippen LogP contribution in [0.25, 0.3) is 0 Å². The lowest BCUT2D eigenvalue weighted by Crippen LogP contribution is -2.05. The molecule has 1 heterocycles. The standard InChI is InChI=1S/C13H9BrF2O2S/c14-12-5-4-10(19-12)7-11(17)8-2-1-3-9(6-8)18-13(15)16/h1-6,13H,7H2. The Hall–Kier alpha value is -1.27. The fourth-order valence-corrected chi connectivity index (χ4v) is 3.03. The van der Waals surface area contributed by atoms with E-state index in [0.717, 1.165) is 8.66 Å². The van der Waals surface area contributed by atoms with Gasteiger partial charge in [-0.05, 0) is 40.2 Å². The highest BCUT2D eigenvalue weighted by molar-refractivity contribution is 9.11. The van der Waals surface area contributed by atoms with E-state index in [4.69, 9.17) is 0 Å². The van der Waals surface area contributed by atoms with Gasteiger partial charge in [0.25, 0.3) is 0 Å². The molecule has 1 aromatic heterocycles. The minimum Gasteiger partial charge on any atom is -0.435 e. The molecule has 0 atom stereocenters. The summed E-state index contributed by atoms with van der Waals surface area (Å²) < 4.78 is 29.4. The number of Topliss-reactive ketones (excluding diaryl/α,β-unsaturated/α-hetero) is 1. The number of benzene rings is 1. The summed E-state index contributed by atoms with van der Waals surface area (Å²) in [7, 11) is 0. The first-order valence-corrected chi connectivity index (χ1v) is 6.98. The second-order valence-corrected chi connectivity index (χ2v) is 6.26. The van der Waals surface area contributed by atoms with Crippen LogP contribution in [0.15, 0.2) is 40.2 Å². The number of hydrogen-bond donors (Lipinski definition) is 0. The second kappa shape index (κ2) is 6.25. The molecule has 0 spiro atoms. The average molecular weight is 347 g/mol. The van der Waals surface area contributed by atoms with Gasteiger partial charge in [0.15, 0.2) is 5.78 Å². The molecule has 0 aliphatic carbocycles. The van der Waals surface area contributed by atoms with E-state index in [1.807, 2.05) is 12.1 Å². The molecule has 1 aromatic carbocycles. The fourth-order valence-electron chi connectivity index (χ4n) is 1.55. The van der Waals surface area contributed by atoms with E-state index in [2.05, 4.69) is 20.7 Å². The normalized spacial score (nSPS) is 10.7. The van der Waals surface area contributed by atoms with E-state index in [0.29, 0.717) is 5.56 Å². The van der Waals surface area contributed by atoms with Crippen LogP contribution < -0.4 is 4.74 Å². The minimum atomic E-state index is -2.89. The summed E-state index contributed by atoms with van der Waals surface area (Å²) >= 11 is 4.79. The van der Waals surface area contributed by atoms with Crippen LogP contribution in [0.4, 0.5) is 8.78 Å². The van der Waals surface area contributed by atoms with Crippen molar-refractivity contribution in [3.8, 4) is 5.75 Å². The Morgan fingerprint density at radius 2 is 2.11 bits per heavy atom. The van der Waals surface area contributed by atoms with Crippen molar-refractivity contribution in [2.45, 2.75) is 13.0 Å². The molecule has 2 aromatic rings. The molecule has 0 amide bonds. The molecule has 0 saturated heterocycles. The van der Waals surface area contributed by atoms with Crippen LogP contribution in [0.1, 0.15) is 15.2 Å². The van der Waals surface area contributed by atoms with Gasteiger partial charge in [0.05, 0.1) is 3.79 Å². The Morgan fingerprint density at radius 1 is 1.32 bits per heavy atom. The van der Waals surface area contributed by atoms with Crippen LogP contribution in [0, 0.1) is 0 Å². The monoisotopic (exact) mass is 346 g/mol. The molecule has 19 heavy (non-hydrogen) atoms. The predicted octanol–water partition coefficient (Wildman–Crippen LogP) is 4.54. The first kappa shape index (κ1) is 14.1. The highest BCUT2D eigenvalue weighted by atomic mass is 79.9. The lowest BCUT2D eigenvalue weighted by Gasteiger charge is -2.05. The lowest BCUT2D eigenvalue weighted by atomic mass is 10.1. The first-order valence-electron chi connectivity index (χ1n) is 5.37. The number of ether oxygens (including phenoxy) is 1. The van der Waals surface area contributed by atoms with E-state index >= 15 is 0 Å². The van der Waals surface area contributed by atoms with Gasteiger partial charge in [0, 0.05) is 16.9 Å². The summed E-state index contributed by atoms with van der Waals surface area (Å²) in [5.41, 5.74) is 0.364. The zero-order valence-electron chi connectivity index (χ0n) is 9.61. The highest BCUT2D eigenvalue weighted by Gasteiger charge is 2.11. The van der Waals surface area contributed by atoms with Gasteiger partial charge in [0.1, 0.15) is 5.75 Å². The first-order chi connectivity index (χ1) is 9.04. The van der Waals surface area contributed by atoms with Crippen LogP contribution in [-0.4, -0.2) is 12.4 Å². The maximum atomic E-state index is 12.1. The van der Waals surface area contributed by atoms with Crippen LogP contribution >= 0.6 is 27.3 Å². The molecule has 0 bridgehead atoms. The summed E-state index contributed by atoms with van der Waals surface area (Å²) in [5.74, 6) is -0.137. The summed E-state index contributed by atoms with van der Waals surface area (Å²) in [5, 5.41) is 0. The van der Waals surface area contributed by atoms with Crippen LogP contribution in [-0.2, 0) is 6.42 Å². The van der Waals surface area contributed by atoms with Crippen molar-refractivity contribution in [3.05, 3.63) is 50.6 Å². The van der Waals surface area contributed by atoms with Crippen LogP contribution in [0.5, 0.6) is 5.75 Å². The quantitative estimate of drug-likeness (QED) is 0.743. The smallest absolute Gasteiger partial charge is 0.387 e. The topological polar surface area (TPSA) is 26.3 Å². The van der Waals surface area contributed by atoms with Gasteiger partial charge in [0.2, 0.25) is 0 Å². The van der Waals surface area contributed by atoms with Gasteiger partial charge in [-0.1, -0.05) is 12.1 Å². The van der Waals surface area contributed by atoms with E-state index in [1.165, 1.54) is 29.5 Å². The molecule has 0 saturated carbocycles. The number of carbonyl (C=O) groups excluding carboxylic acids is 1. The molecule has 0 aliphatic heterocycles. The lowest BCUT2D eigenvalue weighted by molar-refractivity contribution is -0.0498. The molecule has 2 rings (SSSR count). The number of alkyl halides is 2. The van der Waals surface area contributed by atoms with Gasteiger partial charge >= 0.3 is 6.61 Å². The summed E-state index contributed by atoms with van der Waals surface area (Å²) in [6.45, 7) is -2.89. The molecule has 100 valence electrons. The Morgan fingerprint density at radius 3 is 2.74 bits per heavy atom. The van der Waals surface area contributed by atoms with Crippen molar-refractivity contribution in [2.75, 3.05) is 0 Å². The highest BCUT2D eigenvalue weighted by Crippen LogP contribution is 2.24. The molecular formula is C13H9BrF2O2S. The van der Waals surface area contributed by atoms with Crippen molar-refractivity contribution in [3.63, 3.8) is 0 Å². The van der Waals surface area contributed by atoms with E-state index in [9.17, 15) is 13.6 Å². The zero-order chi connectivity index (χ0) is 13.8. The number of ketones is 1. The van der Waals surface area contributed by atoms with E-state index in [1.54, 1.807) is 6.07 Å². The third-order valence-electron chi connectivity index (χ3n) is 2.34. The number of rotatable bonds is 5. The summed E-state index contributed by atoms with van der Waals surface area (Å²) in [6, 6.07) is 9.55. The van der Waals surface area contributed by atoms with Gasteiger partial charge < -0.3 is 4.74 Å². The van der Waals surface area contributed by atoms with Crippen LogP contribution in [0.2, 0.25) is 0 Å². The van der Waals surface area contributed by atoms with Crippen molar-refractivity contribution >= 4 is 33.0 Å². The summed E-state index contributed by atoms with van der Waals surface area (Å²) in [4.78, 5) is 12.9. The van der Waals surface area contributed by atoms with Gasteiger partial charge in [-0.3, -0.25) is 4.79 Å². The second-order valence-electron chi connectivity index (χ2n) is 3.71. The molecule has 0 aliphatic rings. The van der Waals surface area contributed by atoms with Crippen molar-refractivity contribution < 1.29 is 18.3 Å². The molecule has 6 heteroatoms. The molecule has 0 fully saturated rings. The zero-order valence-corrected chi connectivity index (χ0v) is 12.0. The Kier molecular flexibility index (Phi) is 4.66. The predicted molar refractivity (Wildman–Crippen MR) is 73.1 cm³/mol. The van der Waals surface area contributed by atoms with Crippen molar-refractivity contribution in [1.82, 2.24) is 0 Å². The minimum absolute atomic E-state index is 0.00629. The Labute approximate surface area is 121 Å². The molecule has 0 unspecified atom stereocenters. The maximum absolute atomic E-state index is 12.1. The van der Waals surface area contributed by atoms with Crippen LogP contribution in [0.3, 0.4) is 0 Å². The number of thiophene rings is 1. The van der Waals surface area contributed by atoms with E-state index < -0.39 is 6.61 Å². The average Bonchev–Trinajstić information content (AvgIpc) is 2.74. The molecular weight excluding hydrogens is 338 g/mol. The maximum Gasteiger partial charge on any atom is 0.387 e. The van der Waals surface area contributed by atoms with Crippen molar-refractivity contribution in [2.24, 2.45) is 0 Å². The number of carbonyl (C=O) groups is 1. The number of halogens is 3. The SMILES string of the molecule is O=C(Cc1ccc(Br)s1)c1cccc(OC(F)F)c1. The third kappa shape index (κ3) is 4.11. The van der Waals surface area contributed by atoms with Crippen molar-refractivity contribution in [1.29, 1.82) is 0 Å². The van der Waals surface area contributed by atoms with Gasteiger partial charge in [-0.15, -0.1) is 11.3 Å². The largest absolute Gasteiger partial charge is 0.435 e. The Balaban J connectivity index is 2.10. The number of hydrogen-bond acceptors (Lipinski definition) is 3. The van der Waals surface area contributed by atoms with Gasteiger partial charge in [-0.2, -0.15) is 8.78 Å². The molecule has 0 N–H and O–H groups in total. The fraction of sp³-hybridized carbons (Fsp3) is 0.154. The van der Waals surface area contributed by atoms with E-state index in [-0.39, 0.29) is 18.0 Å². The molecule has 0 radical (unpaired) electrons.